The van der Waals surface area contributed by atoms with Gasteiger partial charge in [-0.25, -0.2) is 0 Å². The molecule has 19 heavy (non-hydrogen) atoms. The van der Waals surface area contributed by atoms with Crippen LogP contribution in [0.4, 0.5) is 0 Å². The van der Waals surface area contributed by atoms with Gasteiger partial charge in [0, 0.05) is 27.3 Å². The van der Waals surface area contributed by atoms with Crippen molar-refractivity contribution in [3.63, 3.8) is 0 Å². The van der Waals surface area contributed by atoms with Gasteiger partial charge in [0.1, 0.15) is 0 Å². The summed E-state index contributed by atoms with van der Waals surface area (Å²) in [6, 6.07) is 13.3. The minimum absolute atomic E-state index is 1.09. The maximum Gasteiger partial charge on any atom is 0.0502 e. The first kappa shape index (κ1) is 12.7. The number of fused-ring (bicyclic) bond motifs is 3. The fourth-order valence-electron chi connectivity index (χ4n) is 2.74. The number of nitrogens with zero attached hydrogens (tertiary/aromatic N) is 1. The molecule has 0 aliphatic carbocycles. The first-order valence-electron chi connectivity index (χ1n) is 6.89. The lowest BCUT2D eigenvalue weighted by molar-refractivity contribution is 0.665. The van der Waals surface area contributed by atoms with Gasteiger partial charge in [0.15, 0.2) is 0 Å². The van der Waals surface area contributed by atoms with E-state index < -0.39 is 0 Å². The lowest BCUT2D eigenvalue weighted by Gasteiger charge is -2.07. The number of aryl methyl sites for hydroxylation is 2. The van der Waals surface area contributed by atoms with Gasteiger partial charge in [-0.05, 0) is 37.1 Å². The summed E-state index contributed by atoms with van der Waals surface area (Å²) in [5, 5.41) is 2.72. The topological polar surface area (TPSA) is 4.93 Å². The molecule has 0 unspecified atom stereocenters. The first-order chi connectivity index (χ1) is 9.20. The third-order valence-corrected chi connectivity index (χ3v) is 4.21. The van der Waals surface area contributed by atoms with E-state index in [9.17, 15) is 0 Å². The summed E-state index contributed by atoms with van der Waals surface area (Å²) in [5.41, 5.74) is 4.03. The lowest BCUT2D eigenvalue weighted by atomic mass is 10.1. The van der Waals surface area contributed by atoms with Crippen LogP contribution in [-0.4, -0.2) is 4.57 Å². The number of rotatable bonds is 3. The van der Waals surface area contributed by atoms with Gasteiger partial charge in [0.25, 0.3) is 0 Å². The van der Waals surface area contributed by atoms with Crippen LogP contribution in [0.15, 0.2) is 40.9 Å². The normalized spacial score (nSPS) is 11.5. The Kier molecular flexibility index (Phi) is 3.36. The molecule has 2 aromatic carbocycles. The third-order valence-electron chi connectivity index (χ3n) is 3.72. The Morgan fingerprint density at radius 1 is 1.00 bits per heavy atom. The highest BCUT2D eigenvalue weighted by Gasteiger charge is 2.10. The van der Waals surface area contributed by atoms with Crippen molar-refractivity contribution in [2.45, 2.75) is 33.2 Å². The number of hydrogen-bond donors (Lipinski definition) is 0. The summed E-state index contributed by atoms with van der Waals surface area (Å²) in [5.74, 6) is 0. The fourth-order valence-corrected chi connectivity index (χ4v) is 3.08. The highest BCUT2D eigenvalue weighted by molar-refractivity contribution is 9.10. The Balaban J connectivity index is 2.36. The van der Waals surface area contributed by atoms with Crippen molar-refractivity contribution in [3.05, 3.63) is 46.4 Å². The molecule has 0 radical (unpaired) electrons. The van der Waals surface area contributed by atoms with Crippen LogP contribution < -0.4 is 0 Å². The molecular formula is C17H18BrN. The number of benzene rings is 2. The molecule has 3 rings (SSSR count). The van der Waals surface area contributed by atoms with E-state index in [-0.39, 0.29) is 0 Å². The van der Waals surface area contributed by atoms with E-state index in [0.29, 0.717) is 0 Å². The Morgan fingerprint density at radius 2 is 1.68 bits per heavy atom. The molecule has 1 aromatic heterocycles. The minimum atomic E-state index is 1.09. The van der Waals surface area contributed by atoms with E-state index in [1.54, 1.807) is 0 Å². The van der Waals surface area contributed by atoms with Gasteiger partial charge in [-0.2, -0.15) is 0 Å². The maximum absolute atomic E-state index is 3.59. The monoisotopic (exact) mass is 315 g/mol. The molecule has 0 fully saturated rings. The third kappa shape index (κ3) is 2.18. The quantitative estimate of drug-likeness (QED) is 0.587. The number of hydrogen-bond acceptors (Lipinski definition) is 0. The molecule has 0 spiro atoms. The van der Waals surface area contributed by atoms with E-state index in [1.165, 1.54) is 40.2 Å². The van der Waals surface area contributed by atoms with Gasteiger partial charge in [0.2, 0.25) is 0 Å². The zero-order valence-corrected chi connectivity index (χ0v) is 13.0. The van der Waals surface area contributed by atoms with E-state index in [0.717, 1.165) is 11.0 Å². The number of halogens is 1. The molecule has 0 bridgehead atoms. The SMILES string of the molecule is CCCCn1c2cc(C)ccc2c2ccc(Br)cc21. The number of aromatic nitrogens is 1. The van der Waals surface area contributed by atoms with Crippen LogP contribution in [0.3, 0.4) is 0 Å². The Bertz CT molecular complexity index is 680. The van der Waals surface area contributed by atoms with Crippen molar-refractivity contribution in [2.75, 3.05) is 0 Å². The first-order valence-corrected chi connectivity index (χ1v) is 7.68. The van der Waals surface area contributed by atoms with Crippen molar-refractivity contribution in [3.8, 4) is 0 Å². The molecule has 0 aliphatic rings. The molecule has 0 N–H and O–H groups in total. The molecule has 3 aromatic rings. The van der Waals surface area contributed by atoms with Crippen molar-refractivity contribution in [1.29, 1.82) is 0 Å². The second-order valence-electron chi connectivity index (χ2n) is 5.19. The molecular weight excluding hydrogens is 298 g/mol. The molecule has 1 heterocycles. The predicted octanol–water partition coefficient (Wildman–Crippen LogP) is 5.67. The standard InChI is InChI=1S/C17H18BrN/c1-3-4-9-19-16-10-12(2)5-7-14(16)15-8-6-13(18)11-17(15)19/h5-8,10-11H,3-4,9H2,1-2H3. The molecule has 0 aliphatic heterocycles. The van der Waals surface area contributed by atoms with Crippen molar-refractivity contribution in [2.24, 2.45) is 0 Å². The second kappa shape index (κ2) is 5.01. The van der Waals surface area contributed by atoms with Gasteiger partial charge in [0.05, 0.1) is 5.52 Å². The van der Waals surface area contributed by atoms with Crippen LogP contribution in [-0.2, 0) is 6.54 Å². The van der Waals surface area contributed by atoms with E-state index in [1.807, 2.05) is 0 Å². The fraction of sp³-hybridized carbons (Fsp3) is 0.294. The second-order valence-corrected chi connectivity index (χ2v) is 6.10. The van der Waals surface area contributed by atoms with Crippen LogP contribution >= 0.6 is 15.9 Å². The molecule has 0 amide bonds. The van der Waals surface area contributed by atoms with E-state index in [4.69, 9.17) is 0 Å². The van der Waals surface area contributed by atoms with Gasteiger partial charge in [-0.3, -0.25) is 0 Å². The van der Waals surface area contributed by atoms with Gasteiger partial charge in [-0.1, -0.05) is 47.5 Å². The van der Waals surface area contributed by atoms with Crippen molar-refractivity contribution >= 4 is 37.7 Å². The predicted molar refractivity (Wildman–Crippen MR) is 86.8 cm³/mol. The summed E-state index contributed by atoms with van der Waals surface area (Å²) < 4.78 is 3.61. The Labute approximate surface area is 122 Å². The van der Waals surface area contributed by atoms with Crippen molar-refractivity contribution in [1.82, 2.24) is 4.57 Å². The summed E-state index contributed by atoms with van der Waals surface area (Å²) in [6.45, 7) is 5.50. The van der Waals surface area contributed by atoms with Crippen LogP contribution in [0.2, 0.25) is 0 Å². The lowest BCUT2D eigenvalue weighted by Crippen LogP contribution is -1.97. The van der Waals surface area contributed by atoms with E-state index >= 15 is 0 Å². The van der Waals surface area contributed by atoms with Crippen LogP contribution in [0.5, 0.6) is 0 Å². The average molecular weight is 316 g/mol. The largest absolute Gasteiger partial charge is 0.340 e. The zero-order chi connectivity index (χ0) is 13.4. The zero-order valence-electron chi connectivity index (χ0n) is 11.4. The number of unbranched alkanes of at least 4 members (excludes halogenated alkanes) is 1. The minimum Gasteiger partial charge on any atom is -0.340 e. The van der Waals surface area contributed by atoms with E-state index in [2.05, 4.69) is 70.7 Å². The van der Waals surface area contributed by atoms with Gasteiger partial charge < -0.3 is 4.57 Å². The van der Waals surface area contributed by atoms with Crippen molar-refractivity contribution < 1.29 is 0 Å². The molecule has 98 valence electrons. The van der Waals surface area contributed by atoms with Gasteiger partial charge >= 0.3 is 0 Å². The molecule has 0 atom stereocenters. The maximum atomic E-state index is 3.59. The molecule has 1 nitrogen and oxygen atoms in total. The smallest absolute Gasteiger partial charge is 0.0502 e. The summed E-state index contributed by atoms with van der Waals surface area (Å²) in [4.78, 5) is 0. The Morgan fingerprint density at radius 3 is 2.42 bits per heavy atom. The average Bonchev–Trinajstić information content (AvgIpc) is 2.68. The highest BCUT2D eigenvalue weighted by atomic mass is 79.9. The molecule has 0 saturated carbocycles. The molecule has 0 saturated heterocycles. The Hall–Kier alpha value is -1.28. The van der Waals surface area contributed by atoms with Crippen LogP contribution in [0, 0.1) is 6.92 Å². The highest BCUT2D eigenvalue weighted by Crippen LogP contribution is 2.31. The summed E-state index contributed by atoms with van der Waals surface area (Å²) in [7, 11) is 0. The van der Waals surface area contributed by atoms with Crippen LogP contribution in [0.25, 0.3) is 21.8 Å². The molecule has 2 heteroatoms. The summed E-state index contributed by atoms with van der Waals surface area (Å²) in [6.07, 6.45) is 2.44. The summed E-state index contributed by atoms with van der Waals surface area (Å²) >= 11 is 3.59. The van der Waals surface area contributed by atoms with Gasteiger partial charge in [-0.15, -0.1) is 0 Å². The van der Waals surface area contributed by atoms with Crippen LogP contribution in [0.1, 0.15) is 25.3 Å².